The number of rotatable bonds is 6. The van der Waals surface area contributed by atoms with E-state index < -0.39 is 5.97 Å². The highest BCUT2D eigenvalue weighted by Gasteiger charge is 2.31. The predicted molar refractivity (Wildman–Crippen MR) is 131 cm³/mol. The molecule has 0 saturated heterocycles. The van der Waals surface area contributed by atoms with E-state index >= 15 is 0 Å². The van der Waals surface area contributed by atoms with Gasteiger partial charge in [-0.1, -0.05) is 12.1 Å². The second kappa shape index (κ2) is 9.39. The highest BCUT2D eigenvalue weighted by atomic mass is 32.1. The van der Waals surface area contributed by atoms with Crippen LogP contribution < -0.4 is 10.6 Å². The number of aromatic nitrogens is 1. The van der Waals surface area contributed by atoms with Crippen molar-refractivity contribution in [2.45, 2.75) is 59.9 Å². The number of nitrogens with one attached hydrogen (secondary N) is 2. The van der Waals surface area contributed by atoms with E-state index in [0.717, 1.165) is 52.7 Å². The Morgan fingerprint density at radius 1 is 1.12 bits per heavy atom. The van der Waals surface area contributed by atoms with Crippen molar-refractivity contribution < 1.29 is 19.1 Å². The Balaban J connectivity index is 1.83. The van der Waals surface area contributed by atoms with E-state index in [4.69, 9.17) is 4.74 Å². The van der Waals surface area contributed by atoms with Crippen LogP contribution in [0.5, 0.6) is 0 Å². The van der Waals surface area contributed by atoms with Gasteiger partial charge in [0, 0.05) is 22.9 Å². The topological polar surface area (TPSA) is 89.4 Å². The smallest absolute Gasteiger partial charge is 0.357 e. The molecule has 4 rings (SSSR count). The van der Waals surface area contributed by atoms with Crippen molar-refractivity contribution in [1.29, 1.82) is 0 Å². The molecule has 1 aliphatic rings. The molecule has 0 unspecified atom stereocenters. The van der Waals surface area contributed by atoms with Crippen molar-refractivity contribution in [3.8, 4) is 0 Å². The van der Waals surface area contributed by atoms with Crippen molar-refractivity contribution >= 4 is 50.7 Å². The number of hydrogen-bond acceptors (Lipinski definition) is 5. The molecule has 0 fully saturated rings. The van der Waals surface area contributed by atoms with Crippen LogP contribution in [-0.4, -0.2) is 29.0 Å². The van der Waals surface area contributed by atoms with Gasteiger partial charge in [0.25, 0.3) is 0 Å². The summed E-state index contributed by atoms with van der Waals surface area (Å²) >= 11 is 1.60. The Morgan fingerprint density at radius 2 is 1.88 bits per heavy atom. The fraction of sp³-hybridized carbons (Fsp3) is 0.400. The number of aryl methyl sites for hydroxylation is 3. The number of nitrogens with zero attached hydrogens (tertiary/aromatic N) is 1. The van der Waals surface area contributed by atoms with Gasteiger partial charge in [-0.05, 0) is 69.2 Å². The van der Waals surface area contributed by atoms with Gasteiger partial charge in [0.15, 0.2) is 5.69 Å². The van der Waals surface area contributed by atoms with Gasteiger partial charge in [0.05, 0.1) is 12.3 Å². The maximum absolute atomic E-state index is 13.1. The number of hydrogen-bond donors (Lipinski definition) is 2. The summed E-state index contributed by atoms with van der Waals surface area (Å²) in [5.41, 5.74) is 4.67. The SMILES string of the molecule is CCOC(=O)c1c(NC(C)=O)c2c3c(sc2n1CC(=O)Nc1cccc(C)c1C)CCCC3. The van der Waals surface area contributed by atoms with Crippen molar-refractivity contribution in [1.82, 2.24) is 4.57 Å². The van der Waals surface area contributed by atoms with Crippen molar-refractivity contribution in [2.24, 2.45) is 0 Å². The van der Waals surface area contributed by atoms with Crippen LogP contribution in [0.1, 0.15) is 58.7 Å². The monoisotopic (exact) mass is 467 g/mol. The van der Waals surface area contributed by atoms with Gasteiger partial charge in [0.1, 0.15) is 11.4 Å². The van der Waals surface area contributed by atoms with E-state index in [1.807, 2.05) is 32.0 Å². The summed E-state index contributed by atoms with van der Waals surface area (Å²) in [4.78, 5) is 40.3. The fourth-order valence-electron chi connectivity index (χ4n) is 4.43. The Bertz CT molecular complexity index is 1250. The zero-order chi connectivity index (χ0) is 23.7. The molecule has 2 aromatic heterocycles. The lowest BCUT2D eigenvalue weighted by Crippen LogP contribution is -2.23. The predicted octanol–water partition coefficient (Wildman–Crippen LogP) is 4.97. The lowest BCUT2D eigenvalue weighted by atomic mass is 9.96. The molecule has 33 heavy (non-hydrogen) atoms. The number of carbonyl (C=O) groups excluding carboxylic acids is 3. The normalized spacial score (nSPS) is 13.0. The summed E-state index contributed by atoms with van der Waals surface area (Å²) in [6.45, 7) is 7.26. The molecule has 174 valence electrons. The molecule has 8 heteroatoms. The lowest BCUT2D eigenvalue weighted by Gasteiger charge is -2.14. The van der Waals surface area contributed by atoms with E-state index in [-0.39, 0.29) is 30.7 Å². The zero-order valence-corrected chi connectivity index (χ0v) is 20.3. The van der Waals surface area contributed by atoms with Crippen LogP contribution in [0.25, 0.3) is 10.2 Å². The summed E-state index contributed by atoms with van der Waals surface area (Å²) in [5, 5.41) is 6.71. The summed E-state index contributed by atoms with van der Waals surface area (Å²) in [7, 11) is 0. The quantitative estimate of drug-likeness (QED) is 0.501. The highest BCUT2D eigenvalue weighted by Crippen LogP contribution is 2.44. The van der Waals surface area contributed by atoms with Crippen LogP contribution in [0.15, 0.2) is 18.2 Å². The summed E-state index contributed by atoms with van der Waals surface area (Å²) in [6.07, 6.45) is 4.04. The number of thiophene rings is 1. The third-order valence-corrected chi connectivity index (χ3v) is 7.42. The third-order valence-electron chi connectivity index (χ3n) is 6.10. The first-order valence-corrected chi connectivity index (χ1v) is 12.1. The summed E-state index contributed by atoms with van der Waals surface area (Å²) in [5.74, 6) is -1.06. The van der Waals surface area contributed by atoms with Gasteiger partial charge >= 0.3 is 5.97 Å². The first-order chi connectivity index (χ1) is 15.8. The molecule has 1 aromatic carbocycles. The largest absolute Gasteiger partial charge is 0.461 e. The second-order valence-corrected chi connectivity index (χ2v) is 9.48. The van der Waals surface area contributed by atoms with Crippen molar-refractivity contribution in [2.75, 3.05) is 17.2 Å². The van der Waals surface area contributed by atoms with Gasteiger partial charge in [-0.3, -0.25) is 9.59 Å². The van der Waals surface area contributed by atoms with Gasteiger partial charge in [-0.25, -0.2) is 4.79 Å². The minimum absolute atomic E-state index is 0.0585. The standard InChI is InChI=1S/C25H29N3O4S/c1-5-32-25(31)23-22(26-16(4)29)21-17-10-6-7-12-19(17)33-24(21)28(23)13-20(30)27-18-11-8-9-14(2)15(18)3/h8-9,11H,5-7,10,12-13H2,1-4H3,(H,26,29)(H,27,30). The first kappa shape index (κ1) is 23.0. The highest BCUT2D eigenvalue weighted by molar-refractivity contribution is 7.19. The average Bonchev–Trinajstić information content (AvgIpc) is 3.27. The number of carbonyl (C=O) groups is 3. The first-order valence-electron chi connectivity index (χ1n) is 11.3. The lowest BCUT2D eigenvalue weighted by molar-refractivity contribution is -0.116. The summed E-state index contributed by atoms with van der Waals surface area (Å²) in [6, 6.07) is 5.76. The van der Waals surface area contributed by atoms with Gasteiger partial charge in [-0.15, -0.1) is 11.3 Å². The molecule has 0 radical (unpaired) electrons. The molecule has 2 heterocycles. The van der Waals surface area contributed by atoms with Crippen LogP contribution in [0.3, 0.4) is 0 Å². The Morgan fingerprint density at radius 3 is 2.61 bits per heavy atom. The molecule has 0 aliphatic heterocycles. The van der Waals surface area contributed by atoms with Crippen LogP contribution >= 0.6 is 11.3 Å². The third kappa shape index (κ3) is 4.39. The molecule has 1 aliphatic carbocycles. The van der Waals surface area contributed by atoms with Crippen LogP contribution in [-0.2, 0) is 33.7 Å². The molecule has 3 aromatic rings. The number of fused-ring (bicyclic) bond motifs is 3. The van der Waals surface area contributed by atoms with Crippen molar-refractivity contribution in [3.63, 3.8) is 0 Å². The molecular weight excluding hydrogens is 438 g/mol. The number of benzene rings is 1. The van der Waals surface area contributed by atoms with E-state index in [2.05, 4.69) is 10.6 Å². The van der Waals surface area contributed by atoms with Crippen LogP contribution in [0.4, 0.5) is 11.4 Å². The maximum Gasteiger partial charge on any atom is 0.357 e. The van der Waals surface area contributed by atoms with Gasteiger partial charge in [0.2, 0.25) is 11.8 Å². The Hall–Kier alpha value is -3.13. The molecular formula is C25H29N3O4S. The van der Waals surface area contributed by atoms with Gasteiger partial charge < -0.3 is 19.9 Å². The minimum Gasteiger partial charge on any atom is -0.461 e. The molecule has 0 bridgehead atoms. The number of anilines is 2. The number of esters is 1. The molecule has 0 spiro atoms. The fourth-order valence-corrected chi connectivity index (χ4v) is 5.83. The Kier molecular flexibility index (Phi) is 6.56. The minimum atomic E-state index is -0.547. The number of ether oxygens (including phenoxy) is 1. The van der Waals surface area contributed by atoms with Gasteiger partial charge in [-0.2, -0.15) is 0 Å². The van der Waals surface area contributed by atoms with Crippen LogP contribution in [0, 0.1) is 13.8 Å². The van der Waals surface area contributed by atoms with E-state index in [1.165, 1.54) is 17.4 Å². The van der Waals surface area contributed by atoms with E-state index in [1.54, 1.807) is 22.8 Å². The molecule has 2 amide bonds. The van der Waals surface area contributed by atoms with E-state index in [0.29, 0.717) is 5.69 Å². The Labute approximate surface area is 197 Å². The zero-order valence-electron chi connectivity index (χ0n) is 19.5. The van der Waals surface area contributed by atoms with Crippen molar-refractivity contribution in [3.05, 3.63) is 45.5 Å². The second-order valence-electron chi connectivity index (χ2n) is 8.40. The molecule has 0 atom stereocenters. The molecule has 0 saturated carbocycles. The van der Waals surface area contributed by atoms with Crippen LogP contribution in [0.2, 0.25) is 0 Å². The number of amides is 2. The maximum atomic E-state index is 13.1. The average molecular weight is 468 g/mol. The molecule has 2 N–H and O–H groups in total. The molecule has 7 nitrogen and oxygen atoms in total. The summed E-state index contributed by atoms with van der Waals surface area (Å²) < 4.78 is 7.04. The van der Waals surface area contributed by atoms with E-state index in [9.17, 15) is 14.4 Å².